The van der Waals surface area contributed by atoms with Crippen LogP contribution in [0.3, 0.4) is 0 Å². The summed E-state index contributed by atoms with van der Waals surface area (Å²) in [7, 11) is 3.90. The lowest BCUT2D eigenvalue weighted by molar-refractivity contribution is -0.923. The Bertz CT molecular complexity index is 882. The largest absolute Gasteiger partial charge is 1.00 e. The average molecular weight is 448 g/mol. The van der Waals surface area contributed by atoms with Crippen LogP contribution in [0.15, 0.2) is 48.5 Å². The first-order valence-corrected chi connectivity index (χ1v) is 10.6. The summed E-state index contributed by atoms with van der Waals surface area (Å²) in [6, 6.07) is 16.2. The van der Waals surface area contributed by atoms with E-state index in [0.29, 0.717) is 22.7 Å². The van der Waals surface area contributed by atoms with Crippen LogP contribution in [0.25, 0.3) is 11.6 Å². The predicted octanol–water partition coefficient (Wildman–Crippen LogP) is 0.645. The number of carbonyl (C=O) groups is 1. The molecule has 6 heteroatoms. The van der Waals surface area contributed by atoms with E-state index in [1.54, 1.807) is 24.1 Å². The van der Waals surface area contributed by atoms with Crippen LogP contribution in [-0.2, 0) is 9.53 Å². The van der Waals surface area contributed by atoms with Crippen molar-refractivity contribution in [3.8, 4) is 5.75 Å². The van der Waals surface area contributed by atoms with Crippen LogP contribution in [0, 0.1) is 0 Å². The van der Waals surface area contributed by atoms with Gasteiger partial charge in [-0.25, -0.2) is 4.79 Å². The second-order valence-electron chi connectivity index (χ2n) is 8.05. The van der Waals surface area contributed by atoms with Crippen LogP contribution in [0.5, 0.6) is 5.75 Å². The molecule has 2 unspecified atom stereocenters. The molecule has 0 aromatic heterocycles. The lowest BCUT2D eigenvalue weighted by Crippen LogP contribution is -3.15. The van der Waals surface area contributed by atoms with E-state index in [1.807, 2.05) is 42.5 Å². The van der Waals surface area contributed by atoms with Crippen molar-refractivity contribution in [1.82, 2.24) is 0 Å². The second-order valence-corrected chi connectivity index (χ2v) is 8.49. The number of esters is 1. The standard InChI is InChI=1S/C24H26ClNO3.ClH/c1-26-19-9-10-20(26)15-22(14-19)29-24(27)23(17-5-7-18(25)8-6-17)13-16-3-11-21(28-2)12-4-16;/h3-8,11-13,19-20,22H,9-10,14-15H2,1-2H3;1H/b23-13+;. The summed E-state index contributed by atoms with van der Waals surface area (Å²) >= 11 is 6.05. The summed E-state index contributed by atoms with van der Waals surface area (Å²) < 4.78 is 11.2. The maximum atomic E-state index is 13.2. The number of hydrogen-bond donors (Lipinski definition) is 1. The zero-order chi connectivity index (χ0) is 20.4. The Morgan fingerprint density at radius 2 is 1.63 bits per heavy atom. The lowest BCUT2D eigenvalue weighted by Gasteiger charge is -2.33. The van der Waals surface area contributed by atoms with Crippen LogP contribution in [0.2, 0.25) is 5.02 Å². The SMILES string of the molecule is COc1ccc(/C=C(/C(=O)OC2CC3CCC(C2)[NH+]3C)c2ccc(Cl)cc2)cc1.[Cl-]. The second kappa shape index (κ2) is 9.86. The molecular weight excluding hydrogens is 421 g/mol. The van der Waals surface area contributed by atoms with Crippen molar-refractivity contribution in [3.05, 3.63) is 64.7 Å². The molecule has 1 N–H and O–H groups in total. The summed E-state index contributed by atoms with van der Waals surface area (Å²) in [5, 5.41) is 0.640. The molecule has 2 aromatic carbocycles. The molecule has 0 amide bonds. The van der Waals surface area contributed by atoms with Gasteiger partial charge in [-0.1, -0.05) is 35.9 Å². The van der Waals surface area contributed by atoms with E-state index in [2.05, 4.69) is 7.05 Å². The molecule has 0 aliphatic carbocycles. The van der Waals surface area contributed by atoms with Crippen LogP contribution >= 0.6 is 11.6 Å². The summed E-state index contributed by atoms with van der Waals surface area (Å²) in [5.41, 5.74) is 2.27. The Hall–Kier alpha value is -2.01. The molecular formula is C24H27Cl2NO3. The van der Waals surface area contributed by atoms with Gasteiger partial charge in [0.25, 0.3) is 0 Å². The van der Waals surface area contributed by atoms with Crippen molar-refractivity contribution in [2.45, 2.75) is 43.9 Å². The van der Waals surface area contributed by atoms with Crippen molar-refractivity contribution in [3.63, 3.8) is 0 Å². The highest BCUT2D eigenvalue weighted by molar-refractivity contribution is 6.30. The molecule has 160 valence electrons. The van der Waals surface area contributed by atoms with E-state index >= 15 is 0 Å². The minimum Gasteiger partial charge on any atom is -1.00 e. The van der Waals surface area contributed by atoms with Gasteiger partial charge in [0, 0.05) is 30.7 Å². The quantitative estimate of drug-likeness (QED) is 0.415. The maximum Gasteiger partial charge on any atom is 0.339 e. The van der Waals surface area contributed by atoms with Crippen molar-refractivity contribution in [1.29, 1.82) is 0 Å². The molecule has 4 nitrogen and oxygen atoms in total. The fraction of sp³-hybridized carbons (Fsp3) is 0.375. The van der Waals surface area contributed by atoms with Gasteiger partial charge in [0.05, 0.1) is 31.8 Å². The predicted molar refractivity (Wildman–Crippen MR) is 115 cm³/mol. The molecule has 4 rings (SSSR count). The molecule has 2 atom stereocenters. The monoisotopic (exact) mass is 447 g/mol. The van der Waals surface area contributed by atoms with Crippen LogP contribution < -0.4 is 22.0 Å². The number of piperidine rings is 1. The third kappa shape index (κ3) is 5.00. The van der Waals surface area contributed by atoms with Crippen molar-refractivity contribution < 1.29 is 31.6 Å². The van der Waals surface area contributed by atoms with E-state index in [4.69, 9.17) is 21.1 Å². The number of ether oxygens (including phenoxy) is 2. The third-order valence-electron chi connectivity index (χ3n) is 6.32. The molecule has 0 radical (unpaired) electrons. The Balaban J connectivity index is 0.00000256. The lowest BCUT2D eigenvalue weighted by atomic mass is 9.99. The zero-order valence-electron chi connectivity index (χ0n) is 17.2. The smallest absolute Gasteiger partial charge is 0.339 e. The molecule has 2 saturated heterocycles. The molecule has 2 aliphatic rings. The van der Waals surface area contributed by atoms with E-state index in [1.165, 1.54) is 12.8 Å². The molecule has 2 aromatic rings. The summed E-state index contributed by atoms with van der Waals surface area (Å²) in [6.07, 6.45) is 6.23. The van der Waals surface area contributed by atoms with Crippen molar-refractivity contribution in [2.75, 3.05) is 14.2 Å². The number of rotatable bonds is 5. The minimum absolute atomic E-state index is 0. The number of methoxy groups -OCH3 is 1. The number of fused-ring (bicyclic) bond motifs is 2. The first kappa shape index (κ1) is 22.7. The number of halogens is 2. The fourth-order valence-electron chi connectivity index (χ4n) is 4.60. The zero-order valence-corrected chi connectivity index (χ0v) is 18.7. The number of quaternary nitrogens is 1. The van der Waals surface area contributed by atoms with Crippen molar-refractivity contribution in [2.24, 2.45) is 0 Å². The Morgan fingerprint density at radius 3 is 2.20 bits per heavy atom. The first-order chi connectivity index (χ1) is 14.0. The minimum atomic E-state index is -0.271. The Morgan fingerprint density at radius 1 is 1.03 bits per heavy atom. The number of nitrogens with one attached hydrogen (secondary N) is 1. The fourth-order valence-corrected chi connectivity index (χ4v) is 4.72. The highest BCUT2D eigenvalue weighted by Gasteiger charge is 2.43. The van der Waals surface area contributed by atoms with Gasteiger partial charge in [-0.05, 0) is 41.5 Å². The summed E-state index contributed by atoms with van der Waals surface area (Å²) in [5.74, 6) is 0.508. The van der Waals surface area contributed by atoms with Crippen LogP contribution in [0.4, 0.5) is 0 Å². The number of carbonyl (C=O) groups excluding carboxylic acids is 1. The van der Waals surface area contributed by atoms with E-state index < -0.39 is 0 Å². The van der Waals surface area contributed by atoms with Crippen molar-refractivity contribution >= 4 is 29.2 Å². The molecule has 30 heavy (non-hydrogen) atoms. The van der Waals surface area contributed by atoms with Gasteiger partial charge >= 0.3 is 5.97 Å². The van der Waals surface area contributed by atoms with Gasteiger partial charge < -0.3 is 26.8 Å². The molecule has 0 saturated carbocycles. The first-order valence-electron chi connectivity index (χ1n) is 10.2. The Labute approximate surface area is 189 Å². The van der Waals surface area contributed by atoms with E-state index in [9.17, 15) is 4.79 Å². The van der Waals surface area contributed by atoms with Crippen LogP contribution in [0.1, 0.15) is 36.8 Å². The van der Waals surface area contributed by atoms with Gasteiger partial charge in [-0.15, -0.1) is 0 Å². The molecule has 2 bridgehead atoms. The maximum absolute atomic E-state index is 13.2. The topological polar surface area (TPSA) is 40.0 Å². The number of benzene rings is 2. The van der Waals surface area contributed by atoms with Crippen LogP contribution in [-0.4, -0.2) is 38.3 Å². The van der Waals surface area contributed by atoms with Gasteiger partial charge in [0.1, 0.15) is 11.9 Å². The summed E-state index contributed by atoms with van der Waals surface area (Å²) in [6.45, 7) is 0. The normalized spacial score (nSPS) is 25.4. The van der Waals surface area contributed by atoms with Gasteiger partial charge in [0.2, 0.25) is 0 Å². The highest BCUT2D eigenvalue weighted by atomic mass is 35.5. The Kier molecular flexibility index (Phi) is 7.45. The molecule has 2 fully saturated rings. The van der Waals surface area contributed by atoms with Gasteiger partial charge in [0.15, 0.2) is 0 Å². The highest BCUT2D eigenvalue weighted by Crippen LogP contribution is 2.28. The average Bonchev–Trinajstić information content (AvgIpc) is 2.93. The summed E-state index contributed by atoms with van der Waals surface area (Å²) in [4.78, 5) is 14.8. The molecule has 2 heterocycles. The molecule has 0 spiro atoms. The number of hydrogen-bond acceptors (Lipinski definition) is 3. The van der Waals surface area contributed by atoms with Gasteiger partial charge in [-0.3, -0.25) is 0 Å². The van der Waals surface area contributed by atoms with E-state index in [0.717, 1.165) is 29.7 Å². The van der Waals surface area contributed by atoms with E-state index in [-0.39, 0.29) is 24.5 Å². The van der Waals surface area contributed by atoms with Gasteiger partial charge in [-0.2, -0.15) is 0 Å². The molecule has 2 aliphatic heterocycles. The third-order valence-corrected chi connectivity index (χ3v) is 6.57.